The van der Waals surface area contributed by atoms with E-state index >= 15 is 0 Å². The van der Waals surface area contributed by atoms with E-state index in [2.05, 4.69) is 21.2 Å². The standard InChI is InChI=1S/C26H26BrNO5S/c1-6-33-26(30)23-19(18-9-7-15(2)16(3)11-18)14-34-25(23)28-22(29)10-8-17-12-20(27)24(32-5)21(13-17)31-4/h7-14H,6H2,1-5H3,(H,28,29). The Morgan fingerprint density at radius 2 is 1.85 bits per heavy atom. The number of rotatable bonds is 8. The molecule has 0 radical (unpaired) electrons. The van der Waals surface area contributed by atoms with Crippen molar-refractivity contribution in [3.05, 3.63) is 68.5 Å². The summed E-state index contributed by atoms with van der Waals surface area (Å²) in [5.41, 5.74) is 5.01. The van der Waals surface area contributed by atoms with E-state index in [1.165, 1.54) is 17.4 Å². The summed E-state index contributed by atoms with van der Waals surface area (Å²) in [4.78, 5) is 25.5. The molecule has 0 atom stereocenters. The Labute approximate surface area is 211 Å². The summed E-state index contributed by atoms with van der Waals surface area (Å²) in [5, 5.41) is 5.13. The van der Waals surface area contributed by atoms with E-state index in [4.69, 9.17) is 14.2 Å². The molecule has 0 spiro atoms. The first-order valence-corrected chi connectivity index (χ1v) is 12.2. The lowest BCUT2D eigenvalue weighted by atomic mass is 9.99. The zero-order chi connectivity index (χ0) is 24.8. The van der Waals surface area contributed by atoms with Crippen molar-refractivity contribution >= 4 is 50.2 Å². The normalized spacial score (nSPS) is 10.9. The van der Waals surface area contributed by atoms with E-state index in [0.717, 1.165) is 27.8 Å². The summed E-state index contributed by atoms with van der Waals surface area (Å²) < 4.78 is 16.6. The predicted octanol–water partition coefficient (Wildman–Crippen LogP) is 6.64. The van der Waals surface area contributed by atoms with Crippen molar-refractivity contribution < 1.29 is 23.8 Å². The maximum atomic E-state index is 12.8. The quantitative estimate of drug-likeness (QED) is 0.254. The van der Waals surface area contributed by atoms with E-state index in [1.807, 2.05) is 43.5 Å². The number of hydrogen-bond donors (Lipinski definition) is 1. The number of carbonyl (C=O) groups is 2. The maximum absolute atomic E-state index is 12.8. The number of benzene rings is 2. The molecule has 2 aromatic carbocycles. The summed E-state index contributed by atoms with van der Waals surface area (Å²) in [6, 6.07) is 9.59. The van der Waals surface area contributed by atoms with Crippen LogP contribution < -0.4 is 14.8 Å². The van der Waals surface area contributed by atoms with Crippen LogP contribution in [0.25, 0.3) is 17.2 Å². The van der Waals surface area contributed by atoms with Crippen LogP contribution in [-0.4, -0.2) is 32.7 Å². The van der Waals surface area contributed by atoms with Gasteiger partial charge in [0, 0.05) is 17.0 Å². The third-order valence-corrected chi connectivity index (χ3v) is 6.69. The molecule has 1 heterocycles. The number of carbonyl (C=O) groups excluding carboxylic acids is 2. The van der Waals surface area contributed by atoms with Crippen molar-refractivity contribution in [2.75, 3.05) is 26.1 Å². The molecule has 0 saturated carbocycles. The molecular weight excluding hydrogens is 518 g/mol. The minimum absolute atomic E-state index is 0.239. The van der Waals surface area contributed by atoms with Crippen LogP contribution in [0.15, 0.2) is 46.3 Å². The monoisotopic (exact) mass is 543 g/mol. The largest absolute Gasteiger partial charge is 0.493 e. The van der Waals surface area contributed by atoms with Crippen LogP contribution in [0.5, 0.6) is 11.5 Å². The topological polar surface area (TPSA) is 73.9 Å². The molecule has 8 heteroatoms. The van der Waals surface area contributed by atoms with Crippen molar-refractivity contribution in [1.82, 2.24) is 0 Å². The predicted molar refractivity (Wildman–Crippen MR) is 140 cm³/mol. The summed E-state index contributed by atoms with van der Waals surface area (Å²) in [6.07, 6.45) is 3.06. The highest BCUT2D eigenvalue weighted by atomic mass is 79.9. The molecule has 3 rings (SSSR count). The first-order chi connectivity index (χ1) is 16.3. The first kappa shape index (κ1) is 25.5. The van der Waals surface area contributed by atoms with Crippen molar-refractivity contribution in [2.24, 2.45) is 0 Å². The zero-order valence-electron chi connectivity index (χ0n) is 19.7. The number of anilines is 1. The van der Waals surface area contributed by atoms with Crippen molar-refractivity contribution in [3.63, 3.8) is 0 Å². The van der Waals surface area contributed by atoms with Crippen LogP contribution >= 0.6 is 27.3 Å². The maximum Gasteiger partial charge on any atom is 0.341 e. The summed E-state index contributed by atoms with van der Waals surface area (Å²) >= 11 is 4.73. The molecular formula is C26H26BrNO5S. The number of aryl methyl sites for hydroxylation is 2. The van der Waals surface area contributed by atoms with E-state index in [-0.39, 0.29) is 12.5 Å². The fraction of sp³-hybridized carbons (Fsp3) is 0.231. The zero-order valence-corrected chi connectivity index (χ0v) is 22.1. The molecule has 1 aromatic heterocycles. The van der Waals surface area contributed by atoms with E-state index in [0.29, 0.717) is 26.5 Å². The number of ether oxygens (including phenoxy) is 3. The fourth-order valence-electron chi connectivity index (χ4n) is 3.34. The summed E-state index contributed by atoms with van der Waals surface area (Å²) in [7, 11) is 3.10. The Bertz CT molecular complexity index is 1250. The van der Waals surface area contributed by atoms with Gasteiger partial charge in [-0.3, -0.25) is 4.79 Å². The van der Waals surface area contributed by atoms with Crippen LogP contribution in [0.1, 0.15) is 34.0 Å². The molecule has 3 aromatic rings. The van der Waals surface area contributed by atoms with Gasteiger partial charge >= 0.3 is 5.97 Å². The highest BCUT2D eigenvalue weighted by Gasteiger charge is 2.22. The Morgan fingerprint density at radius 1 is 1.09 bits per heavy atom. The third kappa shape index (κ3) is 5.69. The lowest BCUT2D eigenvalue weighted by molar-refractivity contribution is -0.111. The van der Waals surface area contributed by atoms with Crippen molar-refractivity contribution in [3.8, 4) is 22.6 Å². The molecule has 0 fully saturated rings. The number of hydrogen-bond acceptors (Lipinski definition) is 6. The molecule has 6 nitrogen and oxygen atoms in total. The Morgan fingerprint density at radius 3 is 2.50 bits per heavy atom. The molecule has 0 aliphatic carbocycles. The lowest BCUT2D eigenvalue weighted by Crippen LogP contribution is -2.12. The third-order valence-electron chi connectivity index (χ3n) is 5.21. The van der Waals surface area contributed by atoms with Crippen LogP contribution in [0.4, 0.5) is 5.00 Å². The Balaban J connectivity index is 1.89. The molecule has 178 valence electrons. The summed E-state index contributed by atoms with van der Waals surface area (Å²) in [6.45, 7) is 6.05. The minimum Gasteiger partial charge on any atom is -0.493 e. The van der Waals surface area contributed by atoms with Crippen LogP contribution in [0, 0.1) is 13.8 Å². The number of amides is 1. The van der Waals surface area contributed by atoms with Gasteiger partial charge in [-0.15, -0.1) is 11.3 Å². The number of nitrogens with one attached hydrogen (secondary N) is 1. The van der Waals surface area contributed by atoms with Gasteiger partial charge in [0.1, 0.15) is 10.6 Å². The lowest BCUT2D eigenvalue weighted by Gasteiger charge is -2.10. The highest BCUT2D eigenvalue weighted by molar-refractivity contribution is 9.10. The first-order valence-electron chi connectivity index (χ1n) is 10.6. The van der Waals surface area contributed by atoms with Gasteiger partial charge in [-0.25, -0.2) is 4.79 Å². The number of halogens is 1. The van der Waals surface area contributed by atoms with Gasteiger partial charge in [0.2, 0.25) is 5.91 Å². The van der Waals surface area contributed by atoms with Crippen LogP contribution in [-0.2, 0) is 9.53 Å². The molecule has 0 bridgehead atoms. The molecule has 1 N–H and O–H groups in total. The van der Waals surface area contributed by atoms with Gasteiger partial charge in [0.15, 0.2) is 11.5 Å². The molecule has 0 saturated heterocycles. The average molecular weight is 544 g/mol. The molecule has 1 amide bonds. The number of thiophene rings is 1. The van der Waals surface area contributed by atoms with E-state index < -0.39 is 5.97 Å². The average Bonchev–Trinajstić information content (AvgIpc) is 3.22. The molecule has 0 aliphatic rings. The molecule has 0 aliphatic heterocycles. The van der Waals surface area contributed by atoms with Gasteiger partial charge in [-0.1, -0.05) is 18.2 Å². The van der Waals surface area contributed by atoms with Crippen LogP contribution in [0.2, 0.25) is 0 Å². The van der Waals surface area contributed by atoms with Crippen molar-refractivity contribution in [1.29, 1.82) is 0 Å². The fourth-order valence-corrected chi connectivity index (χ4v) is 4.92. The molecule has 34 heavy (non-hydrogen) atoms. The Hall–Kier alpha value is -3.10. The summed E-state index contributed by atoms with van der Waals surface area (Å²) in [5.74, 6) is 0.267. The van der Waals surface area contributed by atoms with Gasteiger partial charge in [-0.05, 0) is 77.2 Å². The smallest absolute Gasteiger partial charge is 0.341 e. The second-order valence-electron chi connectivity index (χ2n) is 7.43. The second kappa shape index (κ2) is 11.4. The SMILES string of the molecule is CCOC(=O)c1c(-c2ccc(C)c(C)c2)csc1NC(=O)C=Cc1cc(Br)c(OC)c(OC)c1. The van der Waals surface area contributed by atoms with Crippen molar-refractivity contribution in [2.45, 2.75) is 20.8 Å². The Kier molecular flexibility index (Phi) is 8.52. The number of methoxy groups -OCH3 is 2. The van der Waals surface area contributed by atoms with Gasteiger partial charge in [0.05, 0.1) is 25.3 Å². The van der Waals surface area contributed by atoms with Gasteiger partial charge in [-0.2, -0.15) is 0 Å². The van der Waals surface area contributed by atoms with Crippen LogP contribution in [0.3, 0.4) is 0 Å². The molecule has 0 unspecified atom stereocenters. The van der Waals surface area contributed by atoms with Gasteiger partial charge < -0.3 is 19.5 Å². The van der Waals surface area contributed by atoms with Gasteiger partial charge in [0.25, 0.3) is 0 Å². The van der Waals surface area contributed by atoms with E-state index in [1.54, 1.807) is 33.3 Å². The second-order valence-corrected chi connectivity index (χ2v) is 9.17. The minimum atomic E-state index is -0.472. The highest BCUT2D eigenvalue weighted by Crippen LogP contribution is 2.38. The van der Waals surface area contributed by atoms with E-state index in [9.17, 15) is 9.59 Å². The number of esters is 1.